The lowest BCUT2D eigenvalue weighted by Crippen LogP contribution is -2.05. The normalized spacial score (nSPS) is 11.7. The van der Waals surface area contributed by atoms with Crippen LogP contribution in [0.15, 0.2) is 24.4 Å². The molecule has 0 spiro atoms. The lowest BCUT2D eigenvalue weighted by atomic mass is 10.3. The van der Waals surface area contributed by atoms with Crippen molar-refractivity contribution < 1.29 is 4.39 Å². The zero-order valence-electron chi connectivity index (χ0n) is 9.74. The first-order valence-electron chi connectivity index (χ1n) is 5.47. The summed E-state index contributed by atoms with van der Waals surface area (Å²) in [6.07, 6.45) is 1.98. The van der Waals surface area contributed by atoms with Crippen LogP contribution in [-0.2, 0) is 13.6 Å². The molecule has 88 valence electrons. The highest BCUT2D eigenvalue weighted by atomic mass is 19.1. The fraction of sp³-hybridized carbons (Fsp3) is 0.250. The highest BCUT2D eigenvalue weighted by molar-refractivity contribution is 5.80. The van der Waals surface area contributed by atoms with Gasteiger partial charge in [-0.1, -0.05) is 0 Å². The highest BCUT2D eigenvalue weighted by Gasteiger charge is 2.11. The van der Waals surface area contributed by atoms with E-state index in [4.69, 9.17) is 0 Å². The molecule has 17 heavy (non-hydrogen) atoms. The van der Waals surface area contributed by atoms with Crippen molar-refractivity contribution in [2.45, 2.75) is 6.54 Å². The van der Waals surface area contributed by atoms with Crippen LogP contribution in [-0.4, -0.2) is 21.0 Å². The Morgan fingerprint density at radius 1 is 1.35 bits per heavy atom. The number of halogens is 1. The number of aromatic nitrogens is 3. The zero-order chi connectivity index (χ0) is 12.0. The Labute approximate surface area is 97.7 Å². The van der Waals surface area contributed by atoms with Gasteiger partial charge in [0.15, 0.2) is 0 Å². The molecule has 3 rings (SSSR count). The summed E-state index contributed by atoms with van der Waals surface area (Å²) in [6.45, 7) is 0.727. The van der Waals surface area contributed by atoms with Gasteiger partial charge in [-0.3, -0.25) is 4.40 Å². The number of nitrogens with one attached hydrogen (secondary N) is 1. The molecule has 2 aromatic heterocycles. The van der Waals surface area contributed by atoms with Gasteiger partial charge in [0, 0.05) is 19.8 Å². The van der Waals surface area contributed by atoms with Gasteiger partial charge in [-0.25, -0.2) is 9.37 Å². The van der Waals surface area contributed by atoms with Gasteiger partial charge in [-0.15, -0.1) is 0 Å². The van der Waals surface area contributed by atoms with Gasteiger partial charge in [0.1, 0.15) is 5.82 Å². The number of fused-ring (bicyclic) bond motifs is 3. The Morgan fingerprint density at radius 3 is 2.94 bits per heavy atom. The first-order valence-corrected chi connectivity index (χ1v) is 5.47. The summed E-state index contributed by atoms with van der Waals surface area (Å²) in [4.78, 5) is 4.51. The van der Waals surface area contributed by atoms with Crippen LogP contribution < -0.4 is 5.32 Å². The molecular formula is C12H13FN4. The molecule has 0 unspecified atom stereocenters. The van der Waals surface area contributed by atoms with E-state index in [1.807, 2.05) is 29.3 Å². The Hall–Kier alpha value is -1.88. The molecule has 0 aliphatic carbocycles. The van der Waals surface area contributed by atoms with Gasteiger partial charge in [0.2, 0.25) is 5.78 Å². The molecule has 0 amide bonds. The predicted molar refractivity (Wildman–Crippen MR) is 64.4 cm³/mol. The van der Waals surface area contributed by atoms with Crippen LogP contribution >= 0.6 is 0 Å². The second kappa shape index (κ2) is 3.56. The summed E-state index contributed by atoms with van der Waals surface area (Å²) in [7, 11) is 3.78. The van der Waals surface area contributed by atoms with Crippen LogP contribution in [0.1, 0.15) is 5.69 Å². The van der Waals surface area contributed by atoms with Crippen molar-refractivity contribution in [3.05, 3.63) is 35.9 Å². The van der Waals surface area contributed by atoms with Crippen LogP contribution in [0, 0.1) is 5.82 Å². The molecule has 0 aliphatic rings. The van der Waals surface area contributed by atoms with Crippen molar-refractivity contribution in [1.82, 2.24) is 19.3 Å². The Kier molecular flexibility index (Phi) is 2.16. The van der Waals surface area contributed by atoms with Gasteiger partial charge in [-0.2, -0.15) is 0 Å². The average molecular weight is 232 g/mol. The maximum atomic E-state index is 13.2. The maximum Gasteiger partial charge on any atom is 0.214 e. The molecule has 3 aromatic rings. The largest absolute Gasteiger partial charge is 0.314 e. The van der Waals surface area contributed by atoms with E-state index in [0.717, 1.165) is 29.0 Å². The van der Waals surface area contributed by atoms with E-state index in [0.29, 0.717) is 0 Å². The van der Waals surface area contributed by atoms with E-state index < -0.39 is 0 Å². The lowest BCUT2D eigenvalue weighted by molar-refractivity contribution is 0.629. The predicted octanol–water partition coefficient (Wildman–Crippen LogP) is 1.68. The zero-order valence-corrected chi connectivity index (χ0v) is 9.74. The number of aryl methyl sites for hydroxylation is 1. The molecule has 0 saturated heterocycles. The van der Waals surface area contributed by atoms with Gasteiger partial charge < -0.3 is 9.88 Å². The molecule has 0 atom stereocenters. The number of benzene rings is 1. The van der Waals surface area contributed by atoms with Gasteiger partial charge in [-0.05, 0) is 25.2 Å². The molecule has 0 fully saturated rings. The standard InChI is InChI=1S/C12H13FN4/c1-14-6-9-7-17-10-4-3-8(13)5-11(10)16(2)12(17)15-9/h3-5,7,14H,6H2,1-2H3. The molecular weight excluding hydrogens is 219 g/mol. The van der Waals surface area contributed by atoms with E-state index in [1.165, 1.54) is 12.1 Å². The number of rotatable bonds is 2. The van der Waals surface area contributed by atoms with E-state index in [2.05, 4.69) is 10.3 Å². The number of hydrogen-bond donors (Lipinski definition) is 1. The molecule has 0 saturated carbocycles. The van der Waals surface area contributed by atoms with E-state index in [1.54, 1.807) is 6.07 Å². The number of nitrogens with zero attached hydrogens (tertiary/aromatic N) is 3. The first-order chi connectivity index (χ1) is 8.20. The summed E-state index contributed by atoms with van der Waals surface area (Å²) in [5.74, 6) is 0.604. The summed E-state index contributed by atoms with van der Waals surface area (Å²) in [5.41, 5.74) is 2.80. The number of imidazole rings is 2. The molecule has 0 radical (unpaired) electrons. The van der Waals surface area contributed by atoms with Crippen molar-refractivity contribution in [1.29, 1.82) is 0 Å². The third-order valence-corrected chi connectivity index (χ3v) is 2.95. The smallest absolute Gasteiger partial charge is 0.214 e. The van der Waals surface area contributed by atoms with Crippen LogP contribution in [0.25, 0.3) is 16.8 Å². The SMILES string of the molecule is CNCc1cn2c3ccc(F)cc3n(C)c2n1. The summed E-state index contributed by atoms with van der Waals surface area (Å²) >= 11 is 0. The van der Waals surface area contributed by atoms with E-state index in [-0.39, 0.29) is 5.82 Å². The minimum atomic E-state index is -0.225. The second-order valence-electron chi connectivity index (χ2n) is 4.12. The van der Waals surface area contributed by atoms with Crippen LogP contribution in [0.2, 0.25) is 0 Å². The van der Waals surface area contributed by atoms with E-state index >= 15 is 0 Å². The Balaban J connectivity index is 2.34. The molecule has 1 N–H and O–H groups in total. The molecule has 0 bridgehead atoms. The Morgan fingerprint density at radius 2 is 2.18 bits per heavy atom. The van der Waals surface area contributed by atoms with Crippen molar-refractivity contribution in [2.75, 3.05) is 7.05 Å². The molecule has 0 aliphatic heterocycles. The monoisotopic (exact) mass is 232 g/mol. The summed E-state index contributed by atoms with van der Waals surface area (Å²) < 4.78 is 17.1. The van der Waals surface area contributed by atoms with Crippen molar-refractivity contribution in [2.24, 2.45) is 7.05 Å². The third-order valence-electron chi connectivity index (χ3n) is 2.95. The molecule has 5 heteroatoms. The first kappa shape index (κ1) is 10.3. The van der Waals surface area contributed by atoms with Crippen LogP contribution in [0.3, 0.4) is 0 Å². The van der Waals surface area contributed by atoms with Gasteiger partial charge in [0.25, 0.3) is 0 Å². The molecule has 1 aromatic carbocycles. The van der Waals surface area contributed by atoms with Crippen molar-refractivity contribution >= 4 is 16.8 Å². The van der Waals surface area contributed by atoms with Gasteiger partial charge in [0.05, 0.1) is 16.7 Å². The highest BCUT2D eigenvalue weighted by Crippen LogP contribution is 2.20. The van der Waals surface area contributed by atoms with Crippen molar-refractivity contribution in [3.63, 3.8) is 0 Å². The van der Waals surface area contributed by atoms with Crippen LogP contribution in [0.4, 0.5) is 4.39 Å². The average Bonchev–Trinajstić information content (AvgIpc) is 2.81. The fourth-order valence-corrected chi connectivity index (χ4v) is 2.17. The summed E-state index contributed by atoms with van der Waals surface area (Å²) in [6, 6.07) is 4.78. The van der Waals surface area contributed by atoms with Crippen molar-refractivity contribution in [3.8, 4) is 0 Å². The topological polar surface area (TPSA) is 34.3 Å². The van der Waals surface area contributed by atoms with Crippen LogP contribution in [0.5, 0.6) is 0 Å². The second-order valence-corrected chi connectivity index (χ2v) is 4.12. The lowest BCUT2D eigenvalue weighted by Gasteiger charge is -1.96. The molecule has 2 heterocycles. The minimum Gasteiger partial charge on any atom is -0.314 e. The fourth-order valence-electron chi connectivity index (χ4n) is 2.17. The van der Waals surface area contributed by atoms with E-state index in [9.17, 15) is 4.39 Å². The number of hydrogen-bond acceptors (Lipinski definition) is 2. The third kappa shape index (κ3) is 1.43. The summed E-state index contributed by atoms with van der Waals surface area (Å²) in [5, 5.41) is 3.07. The quantitative estimate of drug-likeness (QED) is 0.729. The maximum absolute atomic E-state index is 13.2. The Bertz CT molecular complexity index is 695. The minimum absolute atomic E-state index is 0.225. The molecule has 4 nitrogen and oxygen atoms in total. The van der Waals surface area contributed by atoms with Gasteiger partial charge >= 0.3 is 0 Å².